The molecule has 2 aromatic carbocycles. The summed E-state index contributed by atoms with van der Waals surface area (Å²) in [6, 6.07) is 15.1. The molecule has 0 aliphatic carbocycles. The molecule has 1 atom stereocenters. The van der Waals surface area contributed by atoms with E-state index in [0.29, 0.717) is 24.3 Å². The third-order valence-corrected chi connectivity index (χ3v) is 7.32. The number of benzene rings is 2. The maximum absolute atomic E-state index is 12.9. The molecule has 1 amide bonds. The average molecular weight is 418 g/mol. The molecule has 0 heterocycles. The second-order valence-electron chi connectivity index (χ2n) is 7.12. The number of amides is 1. The van der Waals surface area contributed by atoms with Gasteiger partial charge in [0.15, 0.2) is 0 Å². The summed E-state index contributed by atoms with van der Waals surface area (Å²) in [7, 11) is -1.70. The van der Waals surface area contributed by atoms with Gasteiger partial charge in [0, 0.05) is 24.8 Å². The number of sulfonamides is 1. The number of likely N-dealkylation sites (N-methyl/N-ethyl adjacent to an activating group) is 1. The summed E-state index contributed by atoms with van der Waals surface area (Å²) in [6.45, 7) is 8.42. The summed E-state index contributed by atoms with van der Waals surface area (Å²) < 4.78 is 27.2. The summed E-state index contributed by atoms with van der Waals surface area (Å²) in [5.74, 6) is -0.190. The van der Waals surface area contributed by atoms with Crippen LogP contribution in [0.3, 0.4) is 0 Å². The Balaban J connectivity index is 2.13. The molecule has 2 aromatic rings. The topological polar surface area (TPSA) is 69.7 Å². The van der Waals surface area contributed by atoms with Crippen LogP contribution in [-0.2, 0) is 14.8 Å². The maximum Gasteiger partial charge on any atom is 0.243 e. The highest BCUT2D eigenvalue weighted by atomic mass is 32.2. The summed E-state index contributed by atoms with van der Waals surface area (Å²) in [5, 5.41) is 2.83. The first kappa shape index (κ1) is 23.1. The largest absolute Gasteiger partial charge is 0.325 e. The molecule has 2 rings (SSSR count). The summed E-state index contributed by atoms with van der Waals surface area (Å²) in [5.41, 5.74) is 2.27. The Morgan fingerprint density at radius 2 is 1.69 bits per heavy atom. The lowest BCUT2D eigenvalue weighted by atomic mass is 10.1. The highest BCUT2D eigenvalue weighted by Gasteiger charge is 2.24. The Morgan fingerprint density at radius 1 is 1.07 bits per heavy atom. The van der Waals surface area contributed by atoms with Crippen molar-refractivity contribution >= 4 is 21.6 Å². The first-order valence-electron chi connectivity index (χ1n) is 9.86. The van der Waals surface area contributed by atoms with Gasteiger partial charge >= 0.3 is 0 Å². The number of nitrogens with zero attached hydrogens (tertiary/aromatic N) is 2. The molecule has 0 saturated heterocycles. The summed E-state index contributed by atoms with van der Waals surface area (Å²) in [6.07, 6.45) is 0. The zero-order valence-corrected chi connectivity index (χ0v) is 18.7. The number of carbonyl (C=O) groups is 1. The maximum atomic E-state index is 12.9. The van der Waals surface area contributed by atoms with Gasteiger partial charge in [-0.2, -0.15) is 4.31 Å². The molecule has 1 unspecified atom stereocenters. The molecule has 158 valence electrons. The fourth-order valence-corrected chi connectivity index (χ4v) is 4.92. The van der Waals surface area contributed by atoms with E-state index in [1.165, 1.54) is 4.31 Å². The van der Waals surface area contributed by atoms with Crippen molar-refractivity contribution in [3.05, 3.63) is 59.7 Å². The van der Waals surface area contributed by atoms with Crippen LogP contribution in [0.5, 0.6) is 0 Å². The predicted octanol–water partition coefficient (Wildman–Crippen LogP) is 3.66. The predicted molar refractivity (Wildman–Crippen MR) is 117 cm³/mol. The molecule has 0 saturated carbocycles. The fraction of sp³-hybridized carbons (Fsp3) is 0.409. The number of carbonyl (C=O) groups excluding carboxylic acids is 1. The van der Waals surface area contributed by atoms with Gasteiger partial charge in [-0.05, 0) is 44.2 Å². The van der Waals surface area contributed by atoms with Gasteiger partial charge in [-0.25, -0.2) is 8.42 Å². The van der Waals surface area contributed by atoms with Crippen LogP contribution >= 0.6 is 0 Å². The van der Waals surface area contributed by atoms with E-state index >= 15 is 0 Å². The second-order valence-corrected chi connectivity index (χ2v) is 9.03. The lowest BCUT2D eigenvalue weighted by molar-refractivity contribution is -0.117. The first-order valence-corrected chi connectivity index (χ1v) is 11.3. The Bertz CT molecular complexity index is 926. The monoisotopic (exact) mass is 417 g/mol. The highest BCUT2D eigenvalue weighted by molar-refractivity contribution is 7.89. The third-order valence-electron chi connectivity index (χ3n) is 5.13. The Morgan fingerprint density at radius 3 is 2.28 bits per heavy atom. The lowest BCUT2D eigenvalue weighted by Crippen LogP contribution is -2.32. The van der Waals surface area contributed by atoms with Crippen molar-refractivity contribution in [1.29, 1.82) is 0 Å². The molecule has 1 N–H and O–H groups in total. The van der Waals surface area contributed by atoms with Crippen molar-refractivity contribution < 1.29 is 13.2 Å². The molecule has 0 aliphatic rings. The quantitative estimate of drug-likeness (QED) is 0.676. The molecule has 0 fully saturated rings. The molecule has 0 radical (unpaired) electrons. The molecule has 6 nitrogen and oxygen atoms in total. The van der Waals surface area contributed by atoms with Gasteiger partial charge in [-0.15, -0.1) is 0 Å². The zero-order valence-electron chi connectivity index (χ0n) is 17.8. The molecule has 7 heteroatoms. The van der Waals surface area contributed by atoms with E-state index in [9.17, 15) is 13.2 Å². The van der Waals surface area contributed by atoms with Gasteiger partial charge in [0.1, 0.15) is 0 Å². The van der Waals surface area contributed by atoms with Gasteiger partial charge in [0.25, 0.3) is 0 Å². The number of anilines is 1. The van der Waals surface area contributed by atoms with E-state index in [1.54, 1.807) is 25.1 Å². The zero-order chi connectivity index (χ0) is 21.6. The van der Waals surface area contributed by atoms with E-state index in [-0.39, 0.29) is 23.4 Å². The number of hydrogen-bond acceptors (Lipinski definition) is 4. The van der Waals surface area contributed by atoms with Gasteiger partial charge in [0.2, 0.25) is 15.9 Å². The van der Waals surface area contributed by atoms with Crippen LogP contribution < -0.4 is 5.32 Å². The number of hydrogen-bond donors (Lipinski definition) is 1. The van der Waals surface area contributed by atoms with E-state index < -0.39 is 10.0 Å². The normalized spacial score (nSPS) is 12.9. The molecule has 0 spiro atoms. The number of rotatable bonds is 9. The molecule has 29 heavy (non-hydrogen) atoms. The van der Waals surface area contributed by atoms with E-state index in [0.717, 1.165) is 5.56 Å². The van der Waals surface area contributed by atoms with Crippen molar-refractivity contribution in [2.24, 2.45) is 0 Å². The van der Waals surface area contributed by atoms with Crippen molar-refractivity contribution in [2.75, 3.05) is 32.0 Å². The van der Waals surface area contributed by atoms with Crippen LogP contribution in [0.2, 0.25) is 0 Å². The lowest BCUT2D eigenvalue weighted by Gasteiger charge is -2.24. The summed E-state index contributed by atoms with van der Waals surface area (Å²) >= 11 is 0. The second kappa shape index (κ2) is 10.0. The molecular weight excluding hydrogens is 386 g/mol. The minimum atomic E-state index is -3.59. The molecule has 0 aromatic heterocycles. The minimum Gasteiger partial charge on any atom is -0.325 e. The van der Waals surface area contributed by atoms with Crippen molar-refractivity contribution in [3.63, 3.8) is 0 Å². The SMILES string of the molecule is CCN(CC)S(=O)(=O)c1cc(NC(=O)CN(C)C(C)c2ccccc2)ccc1C. The van der Waals surface area contributed by atoms with Gasteiger partial charge in [-0.3, -0.25) is 9.69 Å². The number of aryl methyl sites for hydroxylation is 1. The third kappa shape index (κ3) is 5.65. The fourth-order valence-electron chi connectivity index (χ4n) is 3.21. The van der Waals surface area contributed by atoms with E-state index in [2.05, 4.69) is 5.32 Å². The summed E-state index contributed by atoms with van der Waals surface area (Å²) in [4.78, 5) is 14.7. The van der Waals surface area contributed by atoms with Crippen LogP contribution in [0, 0.1) is 6.92 Å². The Hall–Kier alpha value is -2.22. The van der Waals surface area contributed by atoms with Gasteiger partial charge < -0.3 is 5.32 Å². The molecule has 0 aliphatic heterocycles. The van der Waals surface area contributed by atoms with Crippen molar-refractivity contribution in [1.82, 2.24) is 9.21 Å². The Kier molecular flexibility index (Phi) is 7.96. The highest BCUT2D eigenvalue weighted by Crippen LogP contribution is 2.24. The smallest absolute Gasteiger partial charge is 0.243 e. The van der Waals surface area contributed by atoms with Crippen LogP contribution in [0.15, 0.2) is 53.4 Å². The van der Waals surface area contributed by atoms with Crippen LogP contribution in [-0.4, -0.2) is 50.2 Å². The average Bonchev–Trinajstić information content (AvgIpc) is 2.70. The minimum absolute atomic E-state index is 0.0820. The van der Waals surface area contributed by atoms with Gasteiger partial charge in [-0.1, -0.05) is 50.2 Å². The molecule has 0 bridgehead atoms. The van der Waals surface area contributed by atoms with Crippen LogP contribution in [0.4, 0.5) is 5.69 Å². The standard InChI is InChI=1S/C22H31N3O3S/c1-6-25(7-2)29(27,28)21-15-20(14-13-17(21)3)23-22(26)16-24(5)18(4)19-11-9-8-10-12-19/h8-15,18H,6-7,16H2,1-5H3,(H,23,26). The van der Waals surface area contributed by atoms with Crippen LogP contribution in [0.1, 0.15) is 37.9 Å². The van der Waals surface area contributed by atoms with E-state index in [1.807, 2.05) is 63.1 Å². The first-order chi connectivity index (χ1) is 13.7. The van der Waals surface area contributed by atoms with Crippen molar-refractivity contribution in [2.45, 2.75) is 38.6 Å². The van der Waals surface area contributed by atoms with Gasteiger partial charge in [0.05, 0.1) is 11.4 Å². The van der Waals surface area contributed by atoms with E-state index in [4.69, 9.17) is 0 Å². The Labute approximate surface area is 174 Å². The molecular formula is C22H31N3O3S. The number of nitrogens with one attached hydrogen (secondary N) is 1. The van der Waals surface area contributed by atoms with Crippen molar-refractivity contribution in [3.8, 4) is 0 Å². The van der Waals surface area contributed by atoms with Crippen LogP contribution in [0.25, 0.3) is 0 Å².